The topological polar surface area (TPSA) is 46.9 Å². The van der Waals surface area contributed by atoms with Gasteiger partial charge in [-0.1, -0.05) is 13.8 Å². The summed E-state index contributed by atoms with van der Waals surface area (Å²) < 4.78 is 2.02. The normalized spacial score (nSPS) is 10.7. The van der Waals surface area contributed by atoms with Gasteiger partial charge in [0.15, 0.2) is 0 Å². The first-order valence-corrected chi connectivity index (χ1v) is 6.01. The van der Waals surface area contributed by atoms with E-state index in [-0.39, 0.29) is 11.8 Å². The predicted molar refractivity (Wildman–Crippen MR) is 63.9 cm³/mol. The fourth-order valence-corrected chi connectivity index (χ4v) is 1.70. The summed E-state index contributed by atoms with van der Waals surface area (Å²) in [6.07, 6.45) is 8.28. The van der Waals surface area contributed by atoms with Crippen LogP contribution >= 0.6 is 0 Å². The van der Waals surface area contributed by atoms with Gasteiger partial charge in [0.25, 0.3) is 0 Å². The van der Waals surface area contributed by atoms with E-state index in [1.54, 1.807) is 12.5 Å². The minimum atomic E-state index is 0.174. The van der Waals surface area contributed by atoms with E-state index < -0.39 is 0 Å². The van der Waals surface area contributed by atoms with Gasteiger partial charge in [-0.2, -0.15) is 0 Å². The summed E-state index contributed by atoms with van der Waals surface area (Å²) in [6, 6.07) is 0. The molecule has 1 heterocycles. The molecule has 1 rings (SSSR count). The number of nitrogens with one attached hydrogen (secondary N) is 1. The fourth-order valence-electron chi connectivity index (χ4n) is 1.70. The van der Waals surface area contributed by atoms with E-state index >= 15 is 0 Å². The van der Waals surface area contributed by atoms with E-state index in [1.165, 1.54) is 0 Å². The Labute approximate surface area is 97.1 Å². The second-order valence-corrected chi connectivity index (χ2v) is 3.96. The van der Waals surface area contributed by atoms with Gasteiger partial charge in [0.1, 0.15) is 0 Å². The van der Waals surface area contributed by atoms with Crippen LogP contribution in [0.15, 0.2) is 18.7 Å². The molecular formula is C12H21N3O. The van der Waals surface area contributed by atoms with Gasteiger partial charge in [0.2, 0.25) is 5.91 Å². The summed E-state index contributed by atoms with van der Waals surface area (Å²) in [5.41, 5.74) is 0. The van der Waals surface area contributed by atoms with Crippen LogP contribution in [0, 0.1) is 5.92 Å². The van der Waals surface area contributed by atoms with Crippen molar-refractivity contribution in [2.24, 2.45) is 5.92 Å². The third kappa shape index (κ3) is 4.04. The summed E-state index contributed by atoms with van der Waals surface area (Å²) in [4.78, 5) is 15.6. The molecule has 1 aromatic rings. The monoisotopic (exact) mass is 223 g/mol. The molecule has 0 aliphatic heterocycles. The van der Waals surface area contributed by atoms with Gasteiger partial charge in [-0.25, -0.2) is 4.98 Å². The molecule has 16 heavy (non-hydrogen) atoms. The van der Waals surface area contributed by atoms with Crippen LogP contribution in [0.5, 0.6) is 0 Å². The van der Waals surface area contributed by atoms with Gasteiger partial charge >= 0.3 is 0 Å². The van der Waals surface area contributed by atoms with E-state index in [9.17, 15) is 4.79 Å². The number of amides is 1. The Balaban J connectivity index is 2.13. The van der Waals surface area contributed by atoms with Gasteiger partial charge in [0.05, 0.1) is 6.33 Å². The maximum absolute atomic E-state index is 11.6. The van der Waals surface area contributed by atoms with Crippen LogP contribution in [-0.2, 0) is 11.3 Å². The van der Waals surface area contributed by atoms with Crippen LogP contribution in [0.2, 0.25) is 0 Å². The molecule has 0 aliphatic rings. The van der Waals surface area contributed by atoms with Crippen molar-refractivity contribution in [3.8, 4) is 0 Å². The zero-order chi connectivity index (χ0) is 11.8. The Morgan fingerprint density at radius 2 is 2.19 bits per heavy atom. The van der Waals surface area contributed by atoms with E-state index in [0.29, 0.717) is 0 Å². The molecule has 0 atom stereocenters. The standard InChI is InChI=1S/C12H21N3O/c1-3-11(4-2)12(16)14-6-5-8-15-9-7-13-10-15/h7,9-11H,3-6,8H2,1-2H3,(H,14,16). The average molecular weight is 223 g/mol. The van der Waals surface area contributed by atoms with Gasteiger partial charge in [0, 0.05) is 31.4 Å². The number of carbonyl (C=O) groups is 1. The van der Waals surface area contributed by atoms with Crippen LogP contribution < -0.4 is 5.32 Å². The third-order valence-electron chi connectivity index (χ3n) is 2.81. The largest absolute Gasteiger partial charge is 0.356 e. The molecule has 0 spiro atoms. The smallest absolute Gasteiger partial charge is 0.223 e. The van der Waals surface area contributed by atoms with Crippen molar-refractivity contribution in [3.63, 3.8) is 0 Å². The molecule has 0 fully saturated rings. The lowest BCUT2D eigenvalue weighted by atomic mass is 10.0. The summed E-state index contributed by atoms with van der Waals surface area (Å²) in [7, 11) is 0. The van der Waals surface area contributed by atoms with E-state index in [1.807, 2.05) is 10.8 Å². The number of nitrogens with zero attached hydrogens (tertiary/aromatic N) is 2. The average Bonchev–Trinajstić information content (AvgIpc) is 2.79. The van der Waals surface area contributed by atoms with Gasteiger partial charge < -0.3 is 9.88 Å². The highest BCUT2D eigenvalue weighted by Crippen LogP contribution is 2.06. The SMILES string of the molecule is CCC(CC)C(=O)NCCCn1ccnc1. The van der Waals surface area contributed by atoms with Crippen molar-refractivity contribution in [1.29, 1.82) is 0 Å². The molecule has 0 bridgehead atoms. The zero-order valence-electron chi connectivity index (χ0n) is 10.1. The van der Waals surface area contributed by atoms with Crippen molar-refractivity contribution in [2.45, 2.75) is 39.7 Å². The lowest BCUT2D eigenvalue weighted by Gasteiger charge is -2.12. The molecule has 0 radical (unpaired) electrons. The van der Waals surface area contributed by atoms with Crippen LogP contribution in [0.1, 0.15) is 33.1 Å². The van der Waals surface area contributed by atoms with Gasteiger partial charge in [-0.15, -0.1) is 0 Å². The lowest BCUT2D eigenvalue weighted by molar-refractivity contribution is -0.125. The molecule has 0 aromatic carbocycles. The number of aryl methyl sites for hydroxylation is 1. The molecule has 0 unspecified atom stereocenters. The highest BCUT2D eigenvalue weighted by molar-refractivity contribution is 5.78. The van der Waals surface area contributed by atoms with E-state index in [4.69, 9.17) is 0 Å². The lowest BCUT2D eigenvalue weighted by Crippen LogP contribution is -2.31. The molecule has 0 saturated carbocycles. The molecule has 90 valence electrons. The molecule has 1 N–H and O–H groups in total. The molecular weight excluding hydrogens is 202 g/mol. The van der Waals surface area contributed by atoms with Crippen LogP contribution in [0.25, 0.3) is 0 Å². The number of rotatable bonds is 7. The number of carbonyl (C=O) groups excluding carboxylic acids is 1. The Morgan fingerprint density at radius 3 is 2.75 bits per heavy atom. The Morgan fingerprint density at radius 1 is 1.44 bits per heavy atom. The fraction of sp³-hybridized carbons (Fsp3) is 0.667. The van der Waals surface area contributed by atoms with E-state index in [0.717, 1.165) is 32.4 Å². The second-order valence-electron chi connectivity index (χ2n) is 3.96. The molecule has 4 heteroatoms. The third-order valence-corrected chi connectivity index (χ3v) is 2.81. The summed E-state index contributed by atoms with van der Waals surface area (Å²) in [5.74, 6) is 0.365. The minimum Gasteiger partial charge on any atom is -0.356 e. The van der Waals surface area contributed by atoms with Crippen LogP contribution in [-0.4, -0.2) is 22.0 Å². The van der Waals surface area contributed by atoms with Crippen molar-refractivity contribution in [1.82, 2.24) is 14.9 Å². The first-order chi connectivity index (χ1) is 7.77. The van der Waals surface area contributed by atoms with E-state index in [2.05, 4.69) is 24.1 Å². The Bertz CT molecular complexity index is 291. The number of hydrogen-bond acceptors (Lipinski definition) is 2. The molecule has 0 aliphatic carbocycles. The summed E-state index contributed by atoms with van der Waals surface area (Å²) >= 11 is 0. The van der Waals surface area contributed by atoms with Crippen LogP contribution in [0.4, 0.5) is 0 Å². The highest BCUT2D eigenvalue weighted by Gasteiger charge is 2.12. The van der Waals surface area contributed by atoms with Crippen LogP contribution in [0.3, 0.4) is 0 Å². The highest BCUT2D eigenvalue weighted by atomic mass is 16.1. The van der Waals surface area contributed by atoms with Gasteiger partial charge in [-0.05, 0) is 19.3 Å². The minimum absolute atomic E-state index is 0.174. The summed E-state index contributed by atoms with van der Waals surface area (Å²) in [6.45, 7) is 5.76. The molecule has 4 nitrogen and oxygen atoms in total. The molecule has 1 aromatic heterocycles. The number of imidazole rings is 1. The molecule has 0 saturated heterocycles. The predicted octanol–water partition coefficient (Wildman–Crippen LogP) is 1.83. The maximum atomic E-state index is 11.6. The Kier molecular flexibility index (Phi) is 5.61. The van der Waals surface area contributed by atoms with Crippen molar-refractivity contribution >= 4 is 5.91 Å². The number of hydrogen-bond donors (Lipinski definition) is 1. The molecule has 1 amide bonds. The number of aromatic nitrogens is 2. The Hall–Kier alpha value is -1.32. The van der Waals surface area contributed by atoms with Gasteiger partial charge in [-0.3, -0.25) is 4.79 Å². The quantitative estimate of drug-likeness (QED) is 0.717. The maximum Gasteiger partial charge on any atom is 0.223 e. The van der Waals surface area contributed by atoms with Crippen molar-refractivity contribution in [2.75, 3.05) is 6.54 Å². The second kappa shape index (κ2) is 7.04. The summed E-state index contributed by atoms with van der Waals surface area (Å²) in [5, 5.41) is 2.97. The first kappa shape index (κ1) is 12.7. The van der Waals surface area contributed by atoms with Crippen molar-refractivity contribution < 1.29 is 4.79 Å². The van der Waals surface area contributed by atoms with Crippen molar-refractivity contribution in [3.05, 3.63) is 18.7 Å². The first-order valence-electron chi connectivity index (χ1n) is 6.01. The zero-order valence-corrected chi connectivity index (χ0v) is 10.1.